The van der Waals surface area contributed by atoms with Crippen LogP contribution in [0.15, 0.2) is 84.9 Å². The average molecular weight is 627 g/mol. The number of ether oxygens (including phenoxy) is 6. The van der Waals surface area contributed by atoms with Crippen molar-refractivity contribution in [1.29, 1.82) is 0 Å². The zero-order valence-corrected chi connectivity index (χ0v) is 23.6. The number of hydrogen-bond acceptors (Lipinski definition) is 10. The molecule has 2 heterocycles. The maximum atomic E-state index is 12.8. The van der Waals surface area contributed by atoms with Crippen molar-refractivity contribution >= 4 is 10.4 Å². The Morgan fingerprint density at radius 2 is 1.51 bits per heavy atom. The van der Waals surface area contributed by atoms with Crippen molar-refractivity contribution in [3.05, 3.63) is 96.1 Å². The Morgan fingerprint density at radius 1 is 0.860 bits per heavy atom. The Morgan fingerprint density at radius 3 is 2.16 bits per heavy atom. The number of rotatable bonds is 11. The Kier molecular flexibility index (Phi) is 9.86. The molecule has 43 heavy (non-hydrogen) atoms. The zero-order chi connectivity index (χ0) is 30.5. The molecule has 3 aromatic carbocycles. The molecule has 5 rings (SSSR count). The molecular formula is C29H29F3O10S. The van der Waals surface area contributed by atoms with E-state index in [2.05, 4.69) is 4.18 Å². The molecule has 0 spiro atoms. The lowest BCUT2D eigenvalue weighted by atomic mass is 9.97. The van der Waals surface area contributed by atoms with Gasteiger partial charge in [-0.1, -0.05) is 60.7 Å². The highest BCUT2D eigenvalue weighted by molar-refractivity contribution is 7.81. The van der Waals surface area contributed by atoms with Crippen molar-refractivity contribution in [2.24, 2.45) is 0 Å². The van der Waals surface area contributed by atoms with Crippen LogP contribution in [0, 0.1) is 0 Å². The highest BCUT2D eigenvalue weighted by Crippen LogP contribution is 2.38. The molecule has 10 nitrogen and oxygen atoms in total. The first-order valence-corrected chi connectivity index (χ1v) is 14.5. The highest BCUT2D eigenvalue weighted by atomic mass is 32.3. The van der Waals surface area contributed by atoms with Crippen LogP contribution in [0.2, 0.25) is 0 Å². The van der Waals surface area contributed by atoms with Crippen LogP contribution in [-0.2, 0) is 44.3 Å². The summed E-state index contributed by atoms with van der Waals surface area (Å²) in [6.45, 7) is -2.11. The zero-order valence-electron chi connectivity index (χ0n) is 22.8. The molecule has 0 amide bonds. The minimum absolute atomic E-state index is 0.00193. The molecule has 0 aliphatic carbocycles. The summed E-state index contributed by atoms with van der Waals surface area (Å²) in [5, 5.41) is 0. The molecule has 3 aromatic rings. The third-order valence-electron chi connectivity index (χ3n) is 6.55. The third kappa shape index (κ3) is 8.44. The van der Waals surface area contributed by atoms with Gasteiger partial charge in [0.05, 0.1) is 20.3 Å². The maximum Gasteiger partial charge on any atom is 0.413 e. The lowest BCUT2D eigenvalue weighted by Crippen LogP contribution is -2.64. The molecule has 2 aliphatic heterocycles. The van der Waals surface area contributed by atoms with E-state index < -0.39 is 60.2 Å². The van der Waals surface area contributed by atoms with Gasteiger partial charge in [0.2, 0.25) is 6.29 Å². The van der Waals surface area contributed by atoms with Gasteiger partial charge in [-0.25, -0.2) is 8.37 Å². The van der Waals surface area contributed by atoms with E-state index in [4.69, 9.17) is 32.6 Å². The molecular weight excluding hydrogens is 597 g/mol. The SMILES string of the molecule is COc1ccc(O[C@@H]2O[C@@H]3COC(c4ccccc4)O[C@H]3[C@H](OCc3ccccc3)[C@H]2OS(=O)(=O)OCC(F)(F)F)cc1. The number of benzene rings is 3. The second kappa shape index (κ2) is 13.6. The average Bonchev–Trinajstić information content (AvgIpc) is 3.00. The van der Waals surface area contributed by atoms with Gasteiger partial charge in [0.1, 0.15) is 29.8 Å². The number of alkyl halides is 3. The normalized spacial score (nSPS) is 26.0. The Hall–Kier alpha value is -3.24. The second-order valence-corrected chi connectivity index (χ2v) is 10.9. The van der Waals surface area contributed by atoms with Crippen molar-refractivity contribution in [2.45, 2.75) is 49.8 Å². The molecule has 14 heteroatoms. The van der Waals surface area contributed by atoms with Crippen molar-refractivity contribution in [2.75, 3.05) is 20.3 Å². The Balaban J connectivity index is 1.47. The quantitative estimate of drug-likeness (QED) is 0.297. The third-order valence-corrected chi connectivity index (χ3v) is 7.41. The van der Waals surface area contributed by atoms with Gasteiger partial charge >= 0.3 is 16.6 Å². The standard InChI is InChI=1S/C29H29F3O10S/c1-35-21-12-14-22(15-13-21)39-28-26(42-43(33,34)38-18-29(30,31)32)25(36-16-19-8-4-2-5-9-19)24-23(40-28)17-37-27(41-24)20-10-6-3-7-11-20/h2-15,23-28H,16-18H2,1H3/t23-,24-,25+,26-,27?,28-/m1/s1. The summed E-state index contributed by atoms with van der Waals surface area (Å²) in [5.74, 6) is 0.756. The topological polar surface area (TPSA) is 108 Å². The molecule has 0 aromatic heterocycles. The molecule has 2 aliphatic rings. The molecule has 2 saturated heterocycles. The molecule has 0 bridgehead atoms. The van der Waals surface area contributed by atoms with E-state index in [1.807, 2.05) is 12.1 Å². The van der Waals surface area contributed by atoms with Crippen LogP contribution in [0.5, 0.6) is 11.5 Å². The largest absolute Gasteiger partial charge is 0.497 e. The van der Waals surface area contributed by atoms with Crippen LogP contribution < -0.4 is 9.47 Å². The molecule has 0 radical (unpaired) electrons. The fourth-order valence-electron chi connectivity index (χ4n) is 4.57. The number of halogens is 3. The van der Waals surface area contributed by atoms with E-state index in [-0.39, 0.29) is 19.0 Å². The summed E-state index contributed by atoms with van der Waals surface area (Å²) in [6, 6.07) is 24.2. The first-order valence-electron chi connectivity index (χ1n) is 13.2. The highest BCUT2D eigenvalue weighted by Gasteiger charge is 2.54. The van der Waals surface area contributed by atoms with Crippen molar-refractivity contribution in [1.82, 2.24) is 0 Å². The van der Waals surface area contributed by atoms with Gasteiger partial charge in [0.15, 0.2) is 19.0 Å². The lowest BCUT2D eigenvalue weighted by Gasteiger charge is -2.48. The van der Waals surface area contributed by atoms with Crippen LogP contribution in [0.4, 0.5) is 13.2 Å². The summed E-state index contributed by atoms with van der Waals surface area (Å²) in [4.78, 5) is 0. The van der Waals surface area contributed by atoms with Crippen molar-refractivity contribution in [3.8, 4) is 11.5 Å². The number of methoxy groups -OCH3 is 1. The maximum absolute atomic E-state index is 12.8. The van der Waals surface area contributed by atoms with E-state index in [9.17, 15) is 21.6 Å². The van der Waals surface area contributed by atoms with Crippen LogP contribution in [0.1, 0.15) is 17.4 Å². The minimum atomic E-state index is -5.24. The van der Waals surface area contributed by atoms with E-state index in [1.165, 1.54) is 7.11 Å². The van der Waals surface area contributed by atoms with E-state index in [1.54, 1.807) is 72.8 Å². The van der Waals surface area contributed by atoms with Gasteiger partial charge in [-0.2, -0.15) is 21.6 Å². The molecule has 6 atom stereocenters. The van der Waals surface area contributed by atoms with Gasteiger partial charge in [-0.05, 0) is 29.8 Å². The van der Waals surface area contributed by atoms with Crippen LogP contribution in [0.25, 0.3) is 0 Å². The summed E-state index contributed by atoms with van der Waals surface area (Å²) in [5.41, 5.74) is 1.41. The lowest BCUT2D eigenvalue weighted by molar-refractivity contribution is -0.353. The smallest absolute Gasteiger partial charge is 0.413 e. The molecule has 2 fully saturated rings. The first kappa shape index (κ1) is 31.2. The van der Waals surface area contributed by atoms with Crippen LogP contribution >= 0.6 is 0 Å². The summed E-state index contributed by atoms with van der Waals surface area (Å²) in [7, 11) is -3.75. The summed E-state index contributed by atoms with van der Waals surface area (Å²) in [6.07, 6.45) is -12.0. The van der Waals surface area contributed by atoms with Gasteiger partial charge in [0.25, 0.3) is 0 Å². The fourth-order valence-corrected chi connectivity index (χ4v) is 5.38. The van der Waals surface area contributed by atoms with Gasteiger partial charge in [0, 0.05) is 5.56 Å². The van der Waals surface area contributed by atoms with Gasteiger partial charge < -0.3 is 28.4 Å². The molecule has 0 saturated carbocycles. The monoisotopic (exact) mass is 626 g/mol. The van der Waals surface area contributed by atoms with E-state index >= 15 is 0 Å². The number of fused-ring (bicyclic) bond motifs is 1. The molecule has 232 valence electrons. The van der Waals surface area contributed by atoms with Crippen molar-refractivity contribution < 1.29 is 58.4 Å². The fraction of sp³-hybridized carbons (Fsp3) is 0.379. The van der Waals surface area contributed by atoms with E-state index in [0.29, 0.717) is 11.3 Å². The van der Waals surface area contributed by atoms with E-state index in [0.717, 1.165) is 5.56 Å². The first-order chi connectivity index (χ1) is 20.6. The predicted molar refractivity (Wildman–Crippen MR) is 143 cm³/mol. The van der Waals surface area contributed by atoms with Crippen LogP contribution in [0.3, 0.4) is 0 Å². The second-order valence-electron chi connectivity index (χ2n) is 9.62. The van der Waals surface area contributed by atoms with Gasteiger partial charge in [-0.3, -0.25) is 0 Å². The molecule has 1 unspecified atom stereocenters. The van der Waals surface area contributed by atoms with Crippen LogP contribution in [-0.4, -0.2) is 65.6 Å². The Bertz CT molecular complexity index is 1410. The Labute approximate surface area is 246 Å². The summed E-state index contributed by atoms with van der Waals surface area (Å²) < 4.78 is 109. The van der Waals surface area contributed by atoms with Crippen molar-refractivity contribution in [3.63, 3.8) is 0 Å². The molecule has 0 N–H and O–H groups in total. The predicted octanol–water partition coefficient (Wildman–Crippen LogP) is 4.71. The number of hydrogen-bond donors (Lipinski definition) is 0. The minimum Gasteiger partial charge on any atom is -0.497 e. The summed E-state index contributed by atoms with van der Waals surface area (Å²) >= 11 is 0. The van der Waals surface area contributed by atoms with Gasteiger partial charge in [-0.15, -0.1) is 0 Å².